The summed E-state index contributed by atoms with van der Waals surface area (Å²) in [6.45, 7) is 0.940. The van der Waals surface area contributed by atoms with E-state index in [1.807, 2.05) is 30.3 Å². The minimum Gasteiger partial charge on any atom is -0.493 e. The zero-order valence-corrected chi connectivity index (χ0v) is 23.9. The van der Waals surface area contributed by atoms with Crippen LogP contribution in [-0.2, 0) is 26.9 Å². The van der Waals surface area contributed by atoms with Gasteiger partial charge in [0.2, 0.25) is 0 Å². The SMILES string of the molecule is COc1ccc2c3c1O[C@H]1[C@@H](OC(=O)N(C)C4(c5ccccc5Cl)CCCCC4=O)C=C[C@H]4[C@@H](C2)N(C)CC[C@@]341. The number of nitrogens with zero attached hydrogens (tertiary/aromatic N) is 2. The molecule has 2 aromatic carbocycles. The zero-order chi connectivity index (χ0) is 27.8. The van der Waals surface area contributed by atoms with E-state index >= 15 is 0 Å². The summed E-state index contributed by atoms with van der Waals surface area (Å²) in [5, 5.41) is 0.477. The second-order valence-electron chi connectivity index (χ2n) is 12.0. The molecule has 2 fully saturated rings. The van der Waals surface area contributed by atoms with Crippen LogP contribution in [0.5, 0.6) is 11.5 Å². The van der Waals surface area contributed by atoms with Crippen LogP contribution in [0.2, 0.25) is 5.02 Å². The number of benzene rings is 2. The van der Waals surface area contributed by atoms with Gasteiger partial charge in [0.15, 0.2) is 23.4 Å². The predicted octanol–water partition coefficient (Wildman–Crippen LogP) is 5.27. The number of Topliss-reactive ketones (excluding diaryl/α,β-unsaturated/α-hetero) is 1. The Kier molecular flexibility index (Phi) is 5.99. The number of likely N-dealkylation sites (N-methyl/N-ethyl adjacent to an activating group) is 2. The number of rotatable bonds is 4. The smallest absolute Gasteiger partial charge is 0.411 e. The van der Waals surface area contributed by atoms with Gasteiger partial charge < -0.3 is 19.1 Å². The van der Waals surface area contributed by atoms with Crippen LogP contribution >= 0.6 is 11.6 Å². The summed E-state index contributed by atoms with van der Waals surface area (Å²) < 4.78 is 18.8. The van der Waals surface area contributed by atoms with E-state index in [9.17, 15) is 9.59 Å². The number of methoxy groups -OCH3 is 1. The molecule has 1 saturated carbocycles. The maximum absolute atomic E-state index is 14.0. The van der Waals surface area contributed by atoms with Gasteiger partial charge in [-0.1, -0.05) is 41.9 Å². The molecule has 7 rings (SSSR count). The van der Waals surface area contributed by atoms with Crippen LogP contribution in [0.15, 0.2) is 48.6 Å². The zero-order valence-electron chi connectivity index (χ0n) is 23.2. The maximum atomic E-state index is 14.0. The van der Waals surface area contributed by atoms with Crippen molar-refractivity contribution in [3.63, 3.8) is 0 Å². The van der Waals surface area contributed by atoms with Gasteiger partial charge in [-0.3, -0.25) is 9.69 Å². The molecule has 8 heteroatoms. The summed E-state index contributed by atoms with van der Waals surface area (Å²) >= 11 is 6.63. The van der Waals surface area contributed by atoms with Crippen LogP contribution in [0.4, 0.5) is 4.79 Å². The van der Waals surface area contributed by atoms with Crippen LogP contribution in [0.25, 0.3) is 0 Å². The highest BCUT2D eigenvalue weighted by molar-refractivity contribution is 6.31. The molecule has 2 aliphatic heterocycles. The van der Waals surface area contributed by atoms with Gasteiger partial charge in [0.25, 0.3) is 0 Å². The van der Waals surface area contributed by atoms with Crippen LogP contribution in [0, 0.1) is 5.92 Å². The molecule has 2 bridgehead atoms. The van der Waals surface area contributed by atoms with Gasteiger partial charge in [0.05, 0.1) is 7.11 Å². The highest BCUT2D eigenvalue weighted by Gasteiger charge is 2.65. The number of ether oxygens (including phenoxy) is 3. The monoisotopic (exact) mass is 562 g/mol. The van der Waals surface area contributed by atoms with Gasteiger partial charge in [-0.25, -0.2) is 4.79 Å². The molecule has 2 aromatic rings. The molecule has 0 aromatic heterocycles. The van der Waals surface area contributed by atoms with E-state index in [1.54, 1.807) is 20.2 Å². The molecular weight excluding hydrogens is 528 g/mol. The van der Waals surface area contributed by atoms with Gasteiger partial charge in [0, 0.05) is 47.0 Å². The van der Waals surface area contributed by atoms with E-state index in [1.165, 1.54) is 16.0 Å². The van der Waals surface area contributed by atoms with Crippen molar-refractivity contribution in [2.45, 2.75) is 67.7 Å². The van der Waals surface area contributed by atoms with Gasteiger partial charge >= 0.3 is 6.09 Å². The lowest BCUT2D eigenvalue weighted by Gasteiger charge is -2.56. The average Bonchev–Trinajstić information content (AvgIpc) is 3.31. The van der Waals surface area contributed by atoms with E-state index < -0.39 is 17.7 Å². The quantitative estimate of drug-likeness (QED) is 0.473. The first-order valence-corrected chi connectivity index (χ1v) is 14.7. The van der Waals surface area contributed by atoms with Crippen molar-refractivity contribution >= 4 is 23.5 Å². The molecule has 1 amide bonds. The standard InChI is InChI=1S/C32H35ClN2O5/c1-34-17-16-31-21-12-14-25(29(31)40-28-24(38-3)13-11-19(27(28)31)18-23(21)34)39-30(37)35(2)32(15-7-6-10-26(32)36)20-8-4-5-9-22(20)33/h4-5,8-9,11-14,21,23,25,29H,6-7,10,15-18H2,1-3H3/t21-,23+,25-,29-,31-,32?/m0/s1. The van der Waals surface area contributed by atoms with Gasteiger partial charge in [-0.15, -0.1) is 0 Å². The van der Waals surface area contributed by atoms with Gasteiger partial charge in [-0.2, -0.15) is 0 Å². The number of halogens is 1. The van der Waals surface area contributed by atoms with Gasteiger partial charge in [-0.05, 0) is 69.5 Å². The molecule has 5 aliphatic rings. The Morgan fingerprint density at radius 3 is 2.75 bits per heavy atom. The minimum atomic E-state index is -1.16. The summed E-state index contributed by atoms with van der Waals surface area (Å²) in [5.41, 5.74) is 1.71. The summed E-state index contributed by atoms with van der Waals surface area (Å²) in [6, 6.07) is 11.8. The third-order valence-corrected chi connectivity index (χ3v) is 10.7. The molecule has 1 saturated heterocycles. The molecular formula is C32H35ClN2O5. The summed E-state index contributed by atoms with van der Waals surface area (Å²) in [7, 11) is 5.53. The molecule has 40 heavy (non-hydrogen) atoms. The number of amides is 1. The third-order valence-electron chi connectivity index (χ3n) is 10.4. The number of ketones is 1. The van der Waals surface area contributed by atoms with Crippen molar-refractivity contribution in [2.75, 3.05) is 27.7 Å². The molecule has 1 unspecified atom stereocenters. The molecule has 2 heterocycles. The van der Waals surface area contributed by atoms with Crippen molar-refractivity contribution in [1.82, 2.24) is 9.80 Å². The first-order valence-electron chi connectivity index (χ1n) is 14.3. The average molecular weight is 563 g/mol. The lowest BCUT2D eigenvalue weighted by molar-refractivity contribution is -0.134. The summed E-state index contributed by atoms with van der Waals surface area (Å²) in [6.07, 6.45) is 7.09. The highest BCUT2D eigenvalue weighted by atomic mass is 35.5. The number of hydrogen-bond acceptors (Lipinski definition) is 6. The first kappa shape index (κ1) is 25.9. The minimum absolute atomic E-state index is 0.00603. The van der Waals surface area contributed by atoms with E-state index in [4.69, 9.17) is 25.8 Å². The number of carbonyl (C=O) groups is 2. The molecule has 210 valence electrons. The number of piperidine rings is 1. The van der Waals surface area contributed by atoms with E-state index in [0.717, 1.165) is 38.0 Å². The van der Waals surface area contributed by atoms with Crippen LogP contribution in [0.1, 0.15) is 48.8 Å². The van der Waals surface area contributed by atoms with Crippen molar-refractivity contribution in [2.24, 2.45) is 5.92 Å². The molecule has 0 radical (unpaired) electrons. The van der Waals surface area contributed by atoms with Crippen molar-refractivity contribution in [3.05, 3.63) is 70.3 Å². The predicted molar refractivity (Wildman–Crippen MR) is 151 cm³/mol. The largest absolute Gasteiger partial charge is 0.493 e. The summed E-state index contributed by atoms with van der Waals surface area (Å²) in [4.78, 5) is 31.5. The van der Waals surface area contributed by atoms with Crippen molar-refractivity contribution in [1.29, 1.82) is 0 Å². The highest BCUT2D eigenvalue weighted by Crippen LogP contribution is 2.62. The van der Waals surface area contributed by atoms with Crippen LogP contribution in [0.3, 0.4) is 0 Å². The fourth-order valence-electron chi connectivity index (χ4n) is 8.45. The number of carbonyl (C=O) groups excluding carboxylic acids is 2. The number of likely N-dealkylation sites (tertiary alicyclic amines) is 1. The Labute approximate surface area is 240 Å². The van der Waals surface area contributed by atoms with E-state index in [0.29, 0.717) is 35.2 Å². The normalized spacial score (nSPS) is 33.6. The second-order valence-corrected chi connectivity index (χ2v) is 12.4. The first-order chi connectivity index (χ1) is 19.3. The molecule has 0 N–H and O–H groups in total. The summed E-state index contributed by atoms with van der Waals surface area (Å²) in [5.74, 6) is 1.74. The Morgan fingerprint density at radius 1 is 1.15 bits per heavy atom. The third kappa shape index (κ3) is 3.34. The topological polar surface area (TPSA) is 68.3 Å². The second kappa shape index (κ2) is 9.25. The van der Waals surface area contributed by atoms with Gasteiger partial charge in [0.1, 0.15) is 11.6 Å². The Balaban J connectivity index is 1.26. The molecule has 7 nitrogen and oxygen atoms in total. The lowest BCUT2D eigenvalue weighted by Crippen LogP contribution is -2.65. The fraction of sp³-hybridized carbons (Fsp3) is 0.500. The van der Waals surface area contributed by atoms with Crippen molar-refractivity contribution in [3.8, 4) is 11.5 Å². The van der Waals surface area contributed by atoms with E-state index in [-0.39, 0.29) is 23.2 Å². The Morgan fingerprint density at radius 2 is 1.98 bits per heavy atom. The Bertz CT molecular complexity index is 1430. The van der Waals surface area contributed by atoms with E-state index in [2.05, 4.69) is 24.1 Å². The molecule has 6 atom stereocenters. The maximum Gasteiger partial charge on any atom is 0.411 e. The molecule has 3 aliphatic carbocycles. The fourth-order valence-corrected chi connectivity index (χ4v) is 8.74. The Hall–Kier alpha value is -3.03. The number of hydrogen-bond donors (Lipinski definition) is 0. The lowest BCUT2D eigenvalue weighted by atomic mass is 9.53. The van der Waals surface area contributed by atoms with Crippen molar-refractivity contribution < 1.29 is 23.8 Å². The molecule has 1 spiro atoms. The van der Waals surface area contributed by atoms with Crippen LogP contribution in [-0.4, -0.2) is 67.7 Å². The van der Waals surface area contributed by atoms with Crippen LogP contribution < -0.4 is 9.47 Å².